The van der Waals surface area contributed by atoms with Crippen LogP contribution in [0.5, 0.6) is 0 Å². The summed E-state index contributed by atoms with van der Waals surface area (Å²) in [6.45, 7) is 9.54. The summed E-state index contributed by atoms with van der Waals surface area (Å²) in [4.78, 5) is 41.6. The maximum atomic E-state index is 13.8. The monoisotopic (exact) mass is 617 g/mol. The first-order valence-corrected chi connectivity index (χ1v) is 15.9. The van der Waals surface area contributed by atoms with E-state index in [1.54, 1.807) is 11.8 Å². The Morgan fingerprint density at radius 3 is 2.45 bits per heavy atom. The highest BCUT2D eigenvalue weighted by molar-refractivity contribution is 8.00. The van der Waals surface area contributed by atoms with E-state index in [4.69, 9.17) is 0 Å². The number of rotatable bonds is 12. The van der Waals surface area contributed by atoms with Gasteiger partial charge in [-0.1, -0.05) is 78.5 Å². The SMILES string of the molecule is CCNC(=O)NCc1ccccc1-c1ccc(CN2Cc3ccccc3S[C@@H](NC(=O)CC(C)(C)NC[C@@H](C)O)C2=O)cc1. The van der Waals surface area contributed by atoms with Crippen LogP contribution in [-0.2, 0) is 29.2 Å². The Morgan fingerprint density at radius 1 is 1.02 bits per heavy atom. The number of hydrogen-bond donors (Lipinski definition) is 5. The number of carbonyl (C=O) groups excluding carboxylic acids is 3. The van der Waals surface area contributed by atoms with Crippen LogP contribution >= 0.6 is 11.8 Å². The van der Waals surface area contributed by atoms with Crippen molar-refractivity contribution in [3.63, 3.8) is 0 Å². The molecule has 4 amide bonds. The van der Waals surface area contributed by atoms with Gasteiger partial charge >= 0.3 is 6.03 Å². The number of hydrogen-bond acceptors (Lipinski definition) is 6. The molecule has 9 nitrogen and oxygen atoms in total. The minimum Gasteiger partial charge on any atom is -0.392 e. The lowest BCUT2D eigenvalue weighted by atomic mass is 9.98. The van der Waals surface area contributed by atoms with E-state index >= 15 is 0 Å². The van der Waals surface area contributed by atoms with Crippen LogP contribution in [0.1, 0.15) is 50.8 Å². The average molecular weight is 618 g/mol. The molecule has 2 atom stereocenters. The zero-order chi connectivity index (χ0) is 31.7. The third kappa shape index (κ3) is 9.32. The van der Waals surface area contributed by atoms with Gasteiger partial charge in [-0.05, 0) is 61.6 Å². The van der Waals surface area contributed by atoms with Gasteiger partial charge in [-0.3, -0.25) is 9.59 Å². The van der Waals surface area contributed by atoms with Crippen molar-refractivity contribution in [1.29, 1.82) is 0 Å². The summed E-state index contributed by atoms with van der Waals surface area (Å²) in [7, 11) is 0. The summed E-state index contributed by atoms with van der Waals surface area (Å²) in [5.74, 6) is -0.386. The molecule has 0 saturated carbocycles. The number of nitrogens with one attached hydrogen (secondary N) is 4. The van der Waals surface area contributed by atoms with Crippen LogP contribution in [-0.4, -0.2) is 58.0 Å². The summed E-state index contributed by atoms with van der Waals surface area (Å²) >= 11 is 1.37. The molecule has 1 aliphatic rings. The fraction of sp³-hybridized carbons (Fsp3) is 0.382. The zero-order valence-electron chi connectivity index (χ0n) is 25.9. The standard InChI is InChI=1S/C34H43N5O4S/c1-5-35-33(43)36-20-26-10-6-8-12-28(26)25-16-14-24(15-17-25)21-39-22-27-11-7-9-13-29(27)44-31(32(39)42)38-30(41)18-34(3,4)37-19-23(2)40/h6-17,23,31,37,40H,5,18-22H2,1-4H3,(H,38,41)(H2,35,36,43)/t23-,31-/m1/s1. The lowest BCUT2D eigenvalue weighted by Crippen LogP contribution is -2.50. The van der Waals surface area contributed by atoms with Crippen molar-refractivity contribution in [1.82, 2.24) is 26.2 Å². The Bertz CT molecular complexity index is 1440. The minimum absolute atomic E-state index is 0.153. The molecule has 44 heavy (non-hydrogen) atoms. The van der Waals surface area contributed by atoms with Gasteiger partial charge in [-0.25, -0.2) is 4.79 Å². The molecule has 0 spiro atoms. The van der Waals surface area contributed by atoms with Crippen LogP contribution in [0.3, 0.4) is 0 Å². The molecular weight excluding hydrogens is 574 g/mol. The molecule has 0 bridgehead atoms. The third-order valence-electron chi connectivity index (χ3n) is 7.32. The Kier molecular flexibility index (Phi) is 11.4. The zero-order valence-corrected chi connectivity index (χ0v) is 26.7. The average Bonchev–Trinajstić information content (AvgIpc) is 3.11. The fourth-order valence-electron chi connectivity index (χ4n) is 5.05. The van der Waals surface area contributed by atoms with Crippen molar-refractivity contribution in [2.45, 2.75) is 75.7 Å². The number of β-amino-alcohol motifs (C(OH)–C–C–N with tert-alkyl or cyclic N) is 1. The Hall–Kier alpha value is -3.86. The predicted octanol–water partition coefficient (Wildman–Crippen LogP) is 4.39. The number of benzene rings is 3. The summed E-state index contributed by atoms with van der Waals surface area (Å²) in [6, 6.07) is 23.8. The molecule has 4 rings (SSSR count). The maximum absolute atomic E-state index is 13.8. The highest BCUT2D eigenvalue weighted by atomic mass is 32.2. The van der Waals surface area contributed by atoms with E-state index in [9.17, 15) is 19.5 Å². The van der Waals surface area contributed by atoms with Crippen LogP contribution in [0, 0.1) is 0 Å². The van der Waals surface area contributed by atoms with Gasteiger partial charge in [0.05, 0.1) is 6.10 Å². The van der Waals surface area contributed by atoms with Crippen LogP contribution in [0.4, 0.5) is 4.79 Å². The van der Waals surface area contributed by atoms with Crippen molar-refractivity contribution >= 4 is 29.6 Å². The normalized spacial score (nSPS) is 15.6. The first-order valence-electron chi connectivity index (χ1n) is 15.0. The van der Waals surface area contributed by atoms with Gasteiger partial charge in [0.1, 0.15) is 0 Å². The predicted molar refractivity (Wildman–Crippen MR) is 175 cm³/mol. The largest absolute Gasteiger partial charge is 0.392 e. The van der Waals surface area contributed by atoms with E-state index < -0.39 is 17.0 Å². The number of amides is 4. The molecular formula is C34H43N5O4S. The molecule has 1 aliphatic heterocycles. The molecule has 234 valence electrons. The summed E-state index contributed by atoms with van der Waals surface area (Å²) in [5.41, 5.74) is 4.51. The topological polar surface area (TPSA) is 123 Å². The molecule has 0 radical (unpaired) electrons. The van der Waals surface area contributed by atoms with E-state index in [1.807, 2.05) is 93.6 Å². The quantitative estimate of drug-likeness (QED) is 0.206. The van der Waals surface area contributed by atoms with Crippen molar-refractivity contribution in [3.8, 4) is 11.1 Å². The van der Waals surface area contributed by atoms with Gasteiger partial charge in [0.2, 0.25) is 5.91 Å². The number of thioether (sulfide) groups is 1. The molecule has 0 aromatic heterocycles. The molecule has 5 N–H and O–H groups in total. The van der Waals surface area contributed by atoms with E-state index in [-0.39, 0.29) is 24.3 Å². The number of carbonyl (C=O) groups is 3. The van der Waals surface area contributed by atoms with Crippen LogP contribution in [0.25, 0.3) is 11.1 Å². The van der Waals surface area contributed by atoms with Crippen LogP contribution in [0.2, 0.25) is 0 Å². The van der Waals surface area contributed by atoms with Crippen molar-refractivity contribution in [3.05, 3.63) is 89.5 Å². The van der Waals surface area contributed by atoms with Gasteiger partial charge in [0.15, 0.2) is 5.37 Å². The number of aliphatic hydroxyl groups excluding tert-OH is 1. The second-order valence-electron chi connectivity index (χ2n) is 11.7. The maximum Gasteiger partial charge on any atom is 0.315 e. The van der Waals surface area contributed by atoms with Crippen molar-refractivity contribution in [2.24, 2.45) is 0 Å². The number of fused-ring (bicyclic) bond motifs is 1. The van der Waals surface area contributed by atoms with E-state index in [0.29, 0.717) is 32.7 Å². The molecule has 0 saturated heterocycles. The van der Waals surface area contributed by atoms with Crippen LogP contribution < -0.4 is 21.3 Å². The van der Waals surface area contributed by atoms with Crippen molar-refractivity contribution < 1.29 is 19.5 Å². The smallest absolute Gasteiger partial charge is 0.315 e. The number of aliphatic hydroxyl groups is 1. The Morgan fingerprint density at radius 2 is 1.73 bits per heavy atom. The highest BCUT2D eigenvalue weighted by Crippen LogP contribution is 2.33. The first-order chi connectivity index (χ1) is 21.0. The van der Waals surface area contributed by atoms with Crippen molar-refractivity contribution in [2.75, 3.05) is 13.1 Å². The van der Waals surface area contributed by atoms with E-state index in [0.717, 1.165) is 32.7 Å². The molecule has 0 unspecified atom stereocenters. The van der Waals surface area contributed by atoms with Gasteiger partial charge in [0.25, 0.3) is 5.91 Å². The lowest BCUT2D eigenvalue weighted by molar-refractivity contribution is -0.135. The number of urea groups is 1. The van der Waals surface area contributed by atoms with Gasteiger partial charge < -0.3 is 31.3 Å². The van der Waals surface area contributed by atoms with Crippen LogP contribution in [0.15, 0.2) is 77.7 Å². The molecule has 1 heterocycles. The van der Waals surface area contributed by atoms with Gasteiger partial charge in [0, 0.05) is 49.6 Å². The molecule has 10 heteroatoms. The number of nitrogens with zero attached hydrogens (tertiary/aromatic N) is 1. The highest BCUT2D eigenvalue weighted by Gasteiger charge is 2.33. The summed E-state index contributed by atoms with van der Waals surface area (Å²) < 4.78 is 0. The molecule has 0 fully saturated rings. The molecule has 0 aliphatic carbocycles. The Balaban J connectivity index is 1.48. The van der Waals surface area contributed by atoms with Gasteiger partial charge in [-0.15, -0.1) is 0 Å². The van der Waals surface area contributed by atoms with Gasteiger partial charge in [-0.2, -0.15) is 0 Å². The van der Waals surface area contributed by atoms with E-state index in [2.05, 4.69) is 21.3 Å². The minimum atomic E-state index is -0.762. The molecule has 3 aromatic carbocycles. The summed E-state index contributed by atoms with van der Waals surface area (Å²) in [5, 5.41) is 20.7. The molecule has 3 aromatic rings. The third-order valence-corrected chi connectivity index (χ3v) is 8.53. The summed E-state index contributed by atoms with van der Waals surface area (Å²) in [6.07, 6.45) is -0.367. The fourth-order valence-corrected chi connectivity index (χ4v) is 6.19. The first kappa shape index (κ1) is 33.0. The second kappa shape index (κ2) is 15.2. The Labute approximate surface area is 264 Å². The van der Waals surface area contributed by atoms with E-state index in [1.165, 1.54) is 11.8 Å². The lowest BCUT2D eigenvalue weighted by Gasteiger charge is -2.28. The second-order valence-corrected chi connectivity index (χ2v) is 12.9.